The molecule has 0 unspecified atom stereocenters. The van der Waals surface area contributed by atoms with E-state index in [2.05, 4.69) is 44.5 Å². The molecule has 0 radical (unpaired) electrons. The zero-order valence-corrected chi connectivity index (χ0v) is 14.1. The summed E-state index contributed by atoms with van der Waals surface area (Å²) in [6, 6.07) is 1.90. The summed E-state index contributed by atoms with van der Waals surface area (Å²) in [6.07, 6.45) is 3.67. The predicted molar refractivity (Wildman–Crippen MR) is 85.6 cm³/mol. The van der Waals surface area contributed by atoms with Crippen molar-refractivity contribution in [3.8, 4) is 0 Å². The first-order valence-electron chi connectivity index (χ1n) is 7.47. The van der Waals surface area contributed by atoms with E-state index in [9.17, 15) is 0 Å². The molecule has 0 amide bonds. The average molecular weight is 296 g/mol. The number of nitrogens with zero attached hydrogens (tertiary/aromatic N) is 3. The smallest absolute Gasteiger partial charge is 0.137 e. The Kier molecular flexibility index (Phi) is 4.29. The van der Waals surface area contributed by atoms with Crippen LogP contribution in [-0.2, 0) is 5.41 Å². The van der Waals surface area contributed by atoms with Crippen LogP contribution in [0.2, 0.25) is 5.15 Å². The number of hydrogen-bond donors (Lipinski definition) is 0. The fourth-order valence-corrected chi connectivity index (χ4v) is 2.73. The van der Waals surface area contributed by atoms with Crippen molar-refractivity contribution in [3.63, 3.8) is 0 Å². The minimum absolute atomic E-state index is 0.0786. The summed E-state index contributed by atoms with van der Waals surface area (Å²) in [5, 5.41) is 0.545. The highest BCUT2D eigenvalue weighted by Gasteiger charge is 2.25. The normalized spacial score (nSPS) is 19.8. The zero-order valence-electron chi connectivity index (χ0n) is 13.3. The molecule has 2 rings (SSSR count). The summed E-state index contributed by atoms with van der Waals surface area (Å²) in [5.41, 5.74) is 0.350. The molecule has 20 heavy (non-hydrogen) atoms. The fraction of sp³-hybridized carbons (Fsp3) is 0.750. The summed E-state index contributed by atoms with van der Waals surface area (Å²) in [6.45, 7) is 13.2. The van der Waals surface area contributed by atoms with Gasteiger partial charge in [-0.1, -0.05) is 46.2 Å². The minimum Gasteiger partial charge on any atom is -0.356 e. The van der Waals surface area contributed by atoms with E-state index in [0.29, 0.717) is 10.6 Å². The maximum Gasteiger partial charge on any atom is 0.137 e. The van der Waals surface area contributed by atoms with Gasteiger partial charge in [-0.25, -0.2) is 9.97 Å². The van der Waals surface area contributed by atoms with Gasteiger partial charge in [0, 0.05) is 24.6 Å². The summed E-state index contributed by atoms with van der Waals surface area (Å²) in [4.78, 5) is 11.5. The largest absolute Gasteiger partial charge is 0.356 e. The van der Waals surface area contributed by atoms with Crippen molar-refractivity contribution >= 4 is 17.4 Å². The molecule has 1 aromatic rings. The zero-order chi connectivity index (χ0) is 15.0. The Morgan fingerprint density at radius 1 is 1.15 bits per heavy atom. The Morgan fingerprint density at radius 3 is 2.50 bits per heavy atom. The third kappa shape index (κ3) is 3.85. The molecule has 1 fully saturated rings. The molecule has 112 valence electrons. The summed E-state index contributed by atoms with van der Waals surface area (Å²) < 4.78 is 0. The molecule has 1 aliphatic heterocycles. The summed E-state index contributed by atoms with van der Waals surface area (Å²) in [7, 11) is 0. The van der Waals surface area contributed by atoms with Gasteiger partial charge in [0.1, 0.15) is 16.8 Å². The highest BCUT2D eigenvalue weighted by molar-refractivity contribution is 6.29. The van der Waals surface area contributed by atoms with Crippen molar-refractivity contribution in [1.82, 2.24) is 9.97 Å². The van der Waals surface area contributed by atoms with Crippen molar-refractivity contribution in [3.05, 3.63) is 17.0 Å². The molecule has 0 bridgehead atoms. The molecular weight excluding hydrogens is 270 g/mol. The van der Waals surface area contributed by atoms with E-state index in [1.807, 2.05) is 6.07 Å². The van der Waals surface area contributed by atoms with E-state index in [1.54, 1.807) is 0 Å². The van der Waals surface area contributed by atoms with Gasteiger partial charge in [-0.05, 0) is 24.7 Å². The van der Waals surface area contributed by atoms with Gasteiger partial charge < -0.3 is 4.90 Å². The molecule has 1 saturated heterocycles. The fourth-order valence-electron chi connectivity index (χ4n) is 2.56. The number of anilines is 1. The van der Waals surface area contributed by atoms with Crippen LogP contribution in [0.15, 0.2) is 6.07 Å². The number of hydrogen-bond acceptors (Lipinski definition) is 3. The number of rotatable bonds is 1. The van der Waals surface area contributed by atoms with Crippen molar-refractivity contribution in [2.75, 3.05) is 18.0 Å². The quantitative estimate of drug-likeness (QED) is 0.717. The van der Waals surface area contributed by atoms with E-state index in [1.165, 1.54) is 19.3 Å². The molecule has 1 aliphatic rings. The predicted octanol–water partition coefficient (Wildman–Crippen LogP) is 4.44. The van der Waals surface area contributed by atoms with E-state index in [0.717, 1.165) is 24.7 Å². The summed E-state index contributed by atoms with van der Waals surface area (Å²) in [5.74, 6) is 1.80. The number of halogens is 1. The molecule has 0 saturated carbocycles. The minimum atomic E-state index is -0.0786. The lowest BCUT2D eigenvalue weighted by atomic mass is 9.85. The van der Waals surface area contributed by atoms with Crippen LogP contribution in [-0.4, -0.2) is 23.1 Å². The summed E-state index contributed by atoms with van der Waals surface area (Å²) >= 11 is 6.19. The van der Waals surface area contributed by atoms with Gasteiger partial charge >= 0.3 is 0 Å². The monoisotopic (exact) mass is 295 g/mol. The van der Waals surface area contributed by atoms with Crippen LogP contribution < -0.4 is 4.90 Å². The van der Waals surface area contributed by atoms with Crippen LogP contribution in [0.25, 0.3) is 0 Å². The van der Waals surface area contributed by atoms with Crippen LogP contribution in [0.4, 0.5) is 5.82 Å². The molecule has 0 spiro atoms. The second-order valence-electron chi connectivity index (χ2n) is 7.63. The third-order valence-electron chi connectivity index (χ3n) is 4.02. The van der Waals surface area contributed by atoms with Gasteiger partial charge in [0.15, 0.2) is 0 Å². The molecule has 0 N–H and O–H groups in total. The highest BCUT2D eigenvalue weighted by atomic mass is 35.5. The van der Waals surface area contributed by atoms with Crippen LogP contribution in [0.3, 0.4) is 0 Å². The molecule has 3 nitrogen and oxygen atoms in total. The van der Waals surface area contributed by atoms with Gasteiger partial charge in [-0.3, -0.25) is 0 Å². The first kappa shape index (κ1) is 15.6. The first-order chi connectivity index (χ1) is 9.17. The maximum absolute atomic E-state index is 6.19. The van der Waals surface area contributed by atoms with E-state index in [4.69, 9.17) is 16.6 Å². The average Bonchev–Trinajstić information content (AvgIpc) is 2.48. The maximum atomic E-state index is 6.19. The van der Waals surface area contributed by atoms with Crippen molar-refractivity contribution in [2.45, 2.75) is 59.3 Å². The molecule has 2 heterocycles. The van der Waals surface area contributed by atoms with Crippen molar-refractivity contribution < 1.29 is 0 Å². The Balaban J connectivity index is 2.26. The van der Waals surface area contributed by atoms with Crippen LogP contribution in [0, 0.1) is 5.41 Å². The van der Waals surface area contributed by atoms with Crippen LogP contribution >= 0.6 is 11.6 Å². The lowest BCUT2D eigenvalue weighted by Gasteiger charge is -2.25. The molecule has 0 aliphatic carbocycles. The van der Waals surface area contributed by atoms with Gasteiger partial charge in [-0.2, -0.15) is 0 Å². The van der Waals surface area contributed by atoms with Gasteiger partial charge in [0.2, 0.25) is 0 Å². The topological polar surface area (TPSA) is 29.0 Å². The third-order valence-corrected chi connectivity index (χ3v) is 4.21. The molecule has 0 atom stereocenters. The van der Waals surface area contributed by atoms with Crippen molar-refractivity contribution in [1.29, 1.82) is 0 Å². The second kappa shape index (κ2) is 5.51. The van der Waals surface area contributed by atoms with E-state index >= 15 is 0 Å². The SMILES string of the molecule is CC1(C)CCCN(c2cc(Cl)nc(C(C)(C)C)n2)CC1. The molecule has 4 heteroatoms. The Bertz CT molecular complexity index is 477. The lowest BCUT2D eigenvalue weighted by Crippen LogP contribution is -2.27. The van der Waals surface area contributed by atoms with Gasteiger partial charge in [0.25, 0.3) is 0 Å². The van der Waals surface area contributed by atoms with Gasteiger partial charge in [-0.15, -0.1) is 0 Å². The Hall–Kier alpha value is -0.830. The standard InChI is InChI=1S/C16H26ClN3/c1-15(2,3)14-18-12(17)11-13(19-14)20-9-6-7-16(4,5)8-10-20/h11H,6-10H2,1-5H3. The van der Waals surface area contributed by atoms with Gasteiger partial charge in [0.05, 0.1) is 0 Å². The van der Waals surface area contributed by atoms with Crippen molar-refractivity contribution in [2.24, 2.45) is 5.41 Å². The molecule has 0 aromatic carbocycles. The van der Waals surface area contributed by atoms with E-state index in [-0.39, 0.29) is 5.41 Å². The Morgan fingerprint density at radius 2 is 1.85 bits per heavy atom. The lowest BCUT2D eigenvalue weighted by molar-refractivity contribution is 0.325. The second-order valence-corrected chi connectivity index (χ2v) is 8.01. The Labute approximate surface area is 127 Å². The molecular formula is C16H26ClN3. The van der Waals surface area contributed by atoms with Crippen LogP contribution in [0.5, 0.6) is 0 Å². The first-order valence-corrected chi connectivity index (χ1v) is 7.85. The highest BCUT2D eigenvalue weighted by Crippen LogP contribution is 2.32. The van der Waals surface area contributed by atoms with E-state index < -0.39 is 0 Å². The van der Waals surface area contributed by atoms with Crippen LogP contribution in [0.1, 0.15) is 59.7 Å². The number of aromatic nitrogens is 2. The molecule has 1 aromatic heterocycles.